The predicted octanol–water partition coefficient (Wildman–Crippen LogP) is 1.67. The van der Waals surface area contributed by atoms with E-state index in [2.05, 4.69) is 26.1 Å². The number of H-pyrrole nitrogens is 1. The van der Waals surface area contributed by atoms with Gasteiger partial charge >= 0.3 is 0 Å². The number of amides is 1. The Bertz CT molecular complexity index is 650. The fourth-order valence-corrected chi connectivity index (χ4v) is 2.56. The molecule has 1 aromatic carbocycles. The van der Waals surface area contributed by atoms with Crippen molar-refractivity contribution in [2.45, 2.75) is 6.10 Å². The molecule has 3 rings (SSSR count). The van der Waals surface area contributed by atoms with Crippen molar-refractivity contribution in [3.05, 3.63) is 40.5 Å². The lowest BCUT2D eigenvalue weighted by atomic mass is 10.1. The van der Waals surface area contributed by atoms with E-state index in [0.29, 0.717) is 25.4 Å². The van der Waals surface area contributed by atoms with Crippen molar-refractivity contribution in [1.29, 1.82) is 0 Å². The molecule has 1 fully saturated rings. The first-order valence-electron chi connectivity index (χ1n) is 7.00. The zero-order valence-electron chi connectivity index (χ0n) is 11.8. The lowest BCUT2D eigenvalue weighted by Gasteiger charge is -2.38. The van der Waals surface area contributed by atoms with Gasteiger partial charge in [0.15, 0.2) is 0 Å². The van der Waals surface area contributed by atoms with Gasteiger partial charge in [0.2, 0.25) is 0 Å². The van der Waals surface area contributed by atoms with E-state index in [4.69, 9.17) is 9.84 Å². The molecule has 0 radical (unpaired) electrons. The largest absolute Gasteiger partial charge is 0.394 e. The summed E-state index contributed by atoms with van der Waals surface area (Å²) in [4.78, 5) is 14.0. The van der Waals surface area contributed by atoms with Gasteiger partial charge < -0.3 is 14.7 Å². The zero-order chi connectivity index (χ0) is 15.5. The zero-order valence-corrected chi connectivity index (χ0v) is 13.4. The molecule has 1 aromatic heterocycles. The highest BCUT2D eigenvalue weighted by atomic mass is 79.9. The maximum Gasteiger partial charge on any atom is 0.272 e. The van der Waals surface area contributed by atoms with E-state index < -0.39 is 0 Å². The molecule has 1 aliphatic rings. The Morgan fingerprint density at radius 3 is 2.82 bits per heavy atom. The van der Waals surface area contributed by atoms with Crippen LogP contribution in [-0.4, -0.2) is 58.5 Å². The van der Waals surface area contributed by atoms with Gasteiger partial charge in [-0.3, -0.25) is 9.89 Å². The summed E-state index contributed by atoms with van der Waals surface area (Å²) in [6.45, 7) is 1.41. The first-order chi connectivity index (χ1) is 10.7. The fourth-order valence-electron chi connectivity index (χ4n) is 2.30. The Kier molecular flexibility index (Phi) is 4.56. The van der Waals surface area contributed by atoms with Gasteiger partial charge in [-0.1, -0.05) is 28.1 Å². The molecule has 6 nitrogen and oxygen atoms in total. The minimum Gasteiger partial charge on any atom is -0.394 e. The number of aliphatic hydroxyl groups is 1. The van der Waals surface area contributed by atoms with E-state index in [-0.39, 0.29) is 18.6 Å². The number of aromatic nitrogens is 2. The van der Waals surface area contributed by atoms with Gasteiger partial charge in [0, 0.05) is 23.1 Å². The molecule has 1 saturated heterocycles. The number of likely N-dealkylation sites (tertiary alicyclic amines) is 1. The van der Waals surface area contributed by atoms with Gasteiger partial charge in [0.25, 0.3) is 5.91 Å². The number of hydrogen-bond acceptors (Lipinski definition) is 4. The van der Waals surface area contributed by atoms with Crippen LogP contribution in [0.4, 0.5) is 0 Å². The highest BCUT2D eigenvalue weighted by molar-refractivity contribution is 9.10. The van der Waals surface area contributed by atoms with Gasteiger partial charge in [-0.25, -0.2) is 0 Å². The second kappa shape index (κ2) is 6.60. The van der Waals surface area contributed by atoms with Crippen molar-refractivity contribution in [2.75, 3.05) is 26.3 Å². The van der Waals surface area contributed by atoms with Gasteiger partial charge in [-0.2, -0.15) is 5.10 Å². The standard InChI is InChI=1S/C15H16BrN3O3/c16-11-3-1-10(2-4-11)13-7-14(18-17-13)15(21)19-8-12(9-19)22-6-5-20/h1-4,7,12,20H,5-6,8-9H2,(H,17,18). The molecule has 0 bridgehead atoms. The van der Waals surface area contributed by atoms with E-state index in [0.717, 1.165) is 15.7 Å². The maximum atomic E-state index is 12.3. The highest BCUT2D eigenvalue weighted by Gasteiger charge is 2.32. The van der Waals surface area contributed by atoms with E-state index in [1.165, 1.54) is 0 Å². The topological polar surface area (TPSA) is 78.5 Å². The van der Waals surface area contributed by atoms with Crippen molar-refractivity contribution in [1.82, 2.24) is 15.1 Å². The van der Waals surface area contributed by atoms with Crippen molar-refractivity contribution >= 4 is 21.8 Å². The second-order valence-electron chi connectivity index (χ2n) is 5.10. The molecule has 22 heavy (non-hydrogen) atoms. The van der Waals surface area contributed by atoms with Crippen LogP contribution < -0.4 is 0 Å². The molecular weight excluding hydrogens is 350 g/mol. The Hall–Kier alpha value is -1.70. The van der Waals surface area contributed by atoms with Crippen LogP contribution in [0.15, 0.2) is 34.8 Å². The molecule has 7 heteroatoms. The SMILES string of the molecule is O=C(c1cc(-c2ccc(Br)cc2)n[nH]1)N1CC(OCCO)C1. The lowest BCUT2D eigenvalue weighted by Crippen LogP contribution is -2.55. The van der Waals surface area contributed by atoms with Crippen LogP contribution in [0.25, 0.3) is 11.3 Å². The molecule has 1 amide bonds. The third-order valence-electron chi connectivity index (χ3n) is 3.53. The summed E-state index contributed by atoms with van der Waals surface area (Å²) in [6.07, 6.45) is 0.0185. The first-order valence-corrected chi connectivity index (χ1v) is 7.80. The smallest absolute Gasteiger partial charge is 0.272 e. The van der Waals surface area contributed by atoms with Crippen molar-refractivity contribution in [3.8, 4) is 11.3 Å². The molecule has 2 aromatic rings. The molecule has 2 heterocycles. The van der Waals surface area contributed by atoms with E-state index in [1.807, 2.05) is 24.3 Å². The number of aromatic amines is 1. The molecule has 2 N–H and O–H groups in total. The molecule has 1 aliphatic heterocycles. The number of benzene rings is 1. The number of ether oxygens (including phenoxy) is 1. The summed E-state index contributed by atoms with van der Waals surface area (Å²) in [6, 6.07) is 9.51. The number of nitrogens with one attached hydrogen (secondary N) is 1. The minimum absolute atomic E-state index is 0.00153. The second-order valence-corrected chi connectivity index (χ2v) is 6.02. The summed E-state index contributed by atoms with van der Waals surface area (Å²) in [7, 11) is 0. The van der Waals surface area contributed by atoms with E-state index in [9.17, 15) is 4.79 Å². The van der Waals surface area contributed by atoms with Gasteiger partial charge in [0.05, 0.1) is 25.0 Å². The number of aliphatic hydroxyl groups excluding tert-OH is 1. The van der Waals surface area contributed by atoms with Crippen molar-refractivity contribution in [2.24, 2.45) is 0 Å². The van der Waals surface area contributed by atoms with Crippen molar-refractivity contribution < 1.29 is 14.6 Å². The average Bonchev–Trinajstić information content (AvgIpc) is 2.96. The first kappa shape index (κ1) is 15.2. The number of carbonyl (C=O) groups excluding carboxylic acids is 1. The minimum atomic E-state index is -0.0836. The molecule has 0 spiro atoms. The monoisotopic (exact) mass is 365 g/mol. The molecule has 0 atom stereocenters. The predicted molar refractivity (Wildman–Crippen MR) is 84.5 cm³/mol. The Morgan fingerprint density at radius 1 is 1.41 bits per heavy atom. The number of hydrogen-bond donors (Lipinski definition) is 2. The molecule has 0 aliphatic carbocycles. The lowest BCUT2D eigenvalue weighted by molar-refractivity contribution is -0.0517. The van der Waals surface area contributed by atoms with Gasteiger partial charge in [-0.15, -0.1) is 0 Å². The summed E-state index contributed by atoms with van der Waals surface area (Å²) in [5, 5.41) is 15.7. The number of rotatable bonds is 5. The Morgan fingerprint density at radius 2 is 2.14 bits per heavy atom. The van der Waals surface area contributed by atoms with Gasteiger partial charge in [0.1, 0.15) is 5.69 Å². The van der Waals surface area contributed by atoms with Crippen LogP contribution in [0.1, 0.15) is 10.5 Å². The van der Waals surface area contributed by atoms with Crippen LogP contribution in [0.3, 0.4) is 0 Å². The Balaban J connectivity index is 1.62. The summed E-state index contributed by atoms with van der Waals surface area (Å²) in [5.74, 6) is -0.0836. The maximum absolute atomic E-state index is 12.3. The van der Waals surface area contributed by atoms with Crippen LogP contribution in [0.2, 0.25) is 0 Å². The van der Waals surface area contributed by atoms with E-state index >= 15 is 0 Å². The normalized spacial score (nSPS) is 14.9. The third-order valence-corrected chi connectivity index (χ3v) is 4.06. The van der Waals surface area contributed by atoms with Crippen molar-refractivity contribution in [3.63, 3.8) is 0 Å². The van der Waals surface area contributed by atoms with Crippen LogP contribution >= 0.6 is 15.9 Å². The molecule has 116 valence electrons. The van der Waals surface area contributed by atoms with E-state index in [1.54, 1.807) is 11.0 Å². The van der Waals surface area contributed by atoms with Crippen LogP contribution in [-0.2, 0) is 4.74 Å². The highest BCUT2D eigenvalue weighted by Crippen LogP contribution is 2.22. The summed E-state index contributed by atoms with van der Waals surface area (Å²) in [5.41, 5.74) is 2.16. The number of nitrogens with zero attached hydrogens (tertiary/aromatic N) is 2. The molecular formula is C15H16BrN3O3. The molecule has 0 saturated carbocycles. The van der Waals surface area contributed by atoms with Crippen LogP contribution in [0.5, 0.6) is 0 Å². The molecule has 0 unspecified atom stereocenters. The van der Waals surface area contributed by atoms with Gasteiger partial charge in [-0.05, 0) is 18.2 Å². The average molecular weight is 366 g/mol. The summed E-state index contributed by atoms with van der Waals surface area (Å²) >= 11 is 3.39. The quantitative estimate of drug-likeness (QED) is 0.844. The van der Waals surface area contributed by atoms with Crippen LogP contribution in [0, 0.1) is 0 Å². The number of halogens is 1. The summed E-state index contributed by atoms with van der Waals surface area (Å²) < 4.78 is 6.35. The fraction of sp³-hybridized carbons (Fsp3) is 0.333. The Labute approximate surface area is 136 Å². The number of carbonyl (C=O) groups is 1. The third kappa shape index (κ3) is 3.21.